The molecule has 2 aliphatic rings. The fraction of sp³-hybridized carbons (Fsp3) is 0.929. The molecule has 1 aliphatic carbocycles. The van der Waals surface area contributed by atoms with Crippen LogP contribution in [0.25, 0.3) is 0 Å². The number of carbonyl (C=O) groups is 1. The molecule has 0 aromatic rings. The highest BCUT2D eigenvalue weighted by molar-refractivity contribution is 5.79. The predicted molar refractivity (Wildman–Crippen MR) is 70.9 cm³/mol. The highest BCUT2D eigenvalue weighted by Gasteiger charge is 2.37. The number of aliphatic hydroxyl groups excluding tert-OH is 1. The lowest BCUT2D eigenvalue weighted by molar-refractivity contribution is -0.138. The second-order valence-corrected chi connectivity index (χ2v) is 6.00. The lowest BCUT2D eigenvalue weighted by Crippen LogP contribution is -2.44. The van der Waals surface area contributed by atoms with Gasteiger partial charge in [0.25, 0.3) is 0 Å². The lowest BCUT2D eigenvalue weighted by atomic mass is 9.81. The topological polar surface area (TPSA) is 66.6 Å². The molecule has 4 heteroatoms. The van der Waals surface area contributed by atoms with Gasteiger partial charge in [-0.1, -0.05) is 6.92 Å². The molecule has 2 unspecified atom stereocenters. The van der Waals surface area contributed by atoms with Gasteiger partial charge in [-0.15, -0.1) is 0 Å². The average Bonchev–Trinajstić information content (AvgIpc) is 2.79. The minimum atomic E-state index is 0.0460. The number of hydrogen-bond donors (Lipinski definition) is 2. The summed E-state index contributed by atoms with van der Waals surface area (Å²) < 4.78 is 0. The molecule has 0 radical (unpaired) electrons. The number of amides is 1. The first-order valence-electron chi connectivity index (χ1n) is 7.28. The minimum Gasteiger partial charge on any atom is -0.394 e. The van der Waals surface area contributed by atoms with Crippen molar-refractivity contribution in [2.75, 3.05) is 19.7 Å². The third-order valence-corrected chi connectivity index (χ3v) is 4.88. The lowest BCUT2D eigenvalue weighted by Gasteiger charge is -2.33. The fourth-order valence-electron chi connectivity index (χ4n) is 3.44. The third-order valence-electron chi connectivity index (χ3n) is 4.88. The van der Waals surface area contributed by atoms with E-state index in [0.29, 0.717) is 11.8 Å². The number of rotatable bonds is 3. The molecule has 3 N–H and O–H groups in total. The van der Waals surface area contributed by atoms with Crippen LogP contribution in [0.1, 0.15) is 39.0 Å². The van der Waals surface area contributed by atoms with E-state index in [-0.39, 0.29) is 24.5 Å². The Balaban J connectivity index is 1.92. The molecule has 18 heavy (non-hydrogen) atoms. The zero-order chi connectivity index (χ0) is 13.1. The summed E-state index contributed by atoms with van der Waals surface area (Å²) in [7, 11) is 0. The van der Waals surface area contributed by atoms with Crippen LogP contribution in [0.2, 0.25) is 0 Å². The van der Waals surface area contributed by atoms with E-state index in [1.54, 1.807) is 0 Å². The van der Waals surface area contributed by atoms with E-state index in [1.165, 1.54) is 0 Å². The first kappa shape index (κ1) is 13.8. The van der Waals surface area contributed by atoms with Gasteiger partial charge in [0.15, 0.2) is 0 Å². The Hall–Kier alpha value is -0.610. The van der Waals surface area contributed by atoms with E-state index in [0.717, 1.165) is 45.2 Å². The molecule has 4 nitrogen and oxygen atoms in total. The van der Waals surface area contributed by atoms with Crippen molar-refractivity contribution in [2.45, 2.75) is 45.1 Å². The molecule has 1 amide bonds. The SMILES string of the molecule is CC1CCN(C(=O)C2CCC(CN)CC2)C1CO. The third kappa shape index (κ3) is 2.69. The first-order valence-corrected chi connectivity index (χ1v) is 7.28. The molecular formula is C14H26N2O2. The number of nitrogens with zero attached hydrogens (tertiary/aromatic N) is 1. The predicted octanol–water partition coefficient (Wildman–Crippen LogP) is 0.981. The van der Waals surface area contributed by atoms with Crippen molar-refractivity contribution < 1.29 is 9.90 Å². The van der Waals surface area contributed by atoms with Gasteiger partial charge in [-0.2, -0.15) is 0 Å². The van der Waals surface area contributed by atoms with Crippen LogP contribution >= 0.6 is 0 Å². The summed E-state index contributed by atoms with van der Waals surface area (Å²) in [5, 5.41) is 9.42. The molecule has 1 saturated heterocycles. The van der Waals surface area contributed by atoms with Crippen molar-refractivity contribution >= 4 is 5.91 Å². The van der Waals surface area contributed by atoms with E-state index >= 15 is 0 Å². The van der Waals surface area contributed by atoms with Gasteiger partial charge < -0.3 is 15.7 Å². The Kier molecular flexibility index (Phi) is 4.62. The normalized spacial score (nSPS) is 36.9. The van der Waals surface area contributed by atoms with Gasteiger partial charge in [0.05, 0.1) is 12.6 Å². The first-order chi connectivity index (χ1) is 8.67. The number of aliphatic hydroxyl groups is 1. The van der Waals surface area contributed by atoms with Crippen molar-refractivity contribution in [3.8, 4) is 0 Å². The van der Waals surface area contributed by atoms with Crippen molar-refractivity contribution in [2.24, 2.45) is 23.5 Å². The summed E-state index contributed by atoms with van der Waals surface area (Å²) in [5.41, 5.74) is 5.68. The average molecular weight is 254 g/mol. The van der Waals surface area contributed by atoms with E-state index in [1.807, 2.05) is 4.90 Å². The van der Waals surface area contributed by atoms with Crippen molar-refractivity contribution in [3.63, 3.8) is 0 Å². The van der Waals surface area contributed by atoms with Crippen LogP contribution in [0, 0.1) is 17.8 Å². The molecule has 2 fully saturated rings. The number of hydrogen-bond acceptors (Lipinski definition) is 3. The molecule has 0 spiro atoms. The quantitative estimate of drug-likeness (QED) is 0.789. The molecule has 0 bridgehead atoms. The van der Waals surface area contributed by atoms with Gasteiger partial charge in [0.2, 0.25) is 5.91 Å². The van der Waals surface area contributed by atoms with Crippen LogP contribution in [0.5, 0.6) is 0 Å². The molecule has 0 aromatic heterocycles. The zero-order valence-electron chi connectivity index (χ0n) is 11.3. The Morgan fingerprint density at radius 3 is 2.50 bits per heavy atom. The van der Waals surface area contributed by atoms with Crippen LogP contribution in [0.4, 0.5) is 0 Å². The number of likely N-dealkylation sites (tertiary alicyclic amines) is 1. The van der Waals surface area contributed by atoms with Crippen LogP contribution in [0.3, 0.4) is 0 Å². The van der Waals surface area contributed by atoms with Crippen LogP contribution in [0.15, 0.2) is 0 Å². The second kappa shape index (κ2) is 6.02. The van der Waals surface area contributed by atoms with Crippen LogP contribution in [-0.4, -0.2) is 41.7 Å². The Morgan fingerprint density at radius 1 is 1.28 bits per heavy atom. The minimum absolute atomic E-state index is 0.0460. The smallest absolute Gasteiger partial charge is 0.226 e. The molecular weight excluding hydrogens is 228 g/mol. The molecule has 2 rings (SSSR count). The summed E-state index contributed by atoms with van der Waals surface area (Å²) in [5.74, 6) is 1.49. The Morgan fingerprint density at radius 2 is 1.94 bits per heavy atom. The van der Waals surface area contributed by atoms with Crippen molar-refractivity contribution in [3.05, 3.63) is 0 Å². The summed E-state index contributed by atoms with van der Waals surface area (Å²) >= 11 is 0. The highest BCUT2D eigenvalue weighted by Crippen LogP contribution is 2.32. The maximum Gasteiger partial charge on any atom is 0.226 e. The highest BCUT2D eigenvalue weighted by atomic mass is 16.3. The van der Waals surface area contributed by atoms with Gasteiger partial charge >= 0.3 is 0 Å². The van der Waals surface area contributed by atoms with Crippen LogP contribution in [-0.2, 0) is 4.79 Å². The van der Waals surface area contributed by atoms with E-state index < -0.39 is 0 Å². The van der Waals surface area contributed by atoms with Crippen LogP contribution < -0.4 is 5.73 Å². The maximum absolute atomic E-state index is 12.5. The van der Waals surface area contributed by atoms with Gasteiger partial charge in [-0.3, -0.25) is 4.79 Å². The van der Waals surface area contributed by atoms with Gasteiger partial charge in [0, 0.05) is 12.5 Å². The number of nitrogens with two attached hydrogens (primary N) is 1. The Labute approximate surface area is 110 Å². The summed E-state index contributed by atoms with van der Waals surface area (Å²) in [4.78, 5) is 14.4. The summed E-state index contributed by atoms with van der Waals surface area (Å²) in [6.45, 7) is 3.80. The molecule has 2 atom stereocenters. The summed E-state index contributed by atoms with van der Waals surface area (Å²) in [6, 6.07) is 0.0460. The monoisotopic (exact) mass is 254 g/mol. The summed E-state index contributed by atoms with van der Waals surface area (Å²) in [6.07, 6.45) is 5.14. The fourth-order valence-corrected chi connectivity index (χ4v) is 3.44. The molecule has 104 valence electrons. The van der Waals surface area contributed by atoms with Crippen molar-refractivity contribution in [1.82, 2.24) is 4.90 Å². The van der Waals surface area contributed by atoms with E-state index in [2.05, 4.69) is 6.92 Å². The van der Waals surface area contributed by atoms with Gasteiger partial charge in [-0.25, -0.2) is 0 Å². The second-order valence-electron chi connectivity index (χ2n) is 6.00. The largest absolute Gasteiger partial charge is 0.394 e. The van der Waals surface area contributed by atoms with E-state index in [4.69, 9.17) is 5.73 Å². The molecule has 1 aliphatic heterocycles. The molecule has 1 heterocycles. The maximum atomic E-state index is 12.5. The van der Waals surface area contributed by atoms with Crippen molar-refractivity contribution in [1.29, 1.82) is 0 Å². The number of carbonyl (C=O) groups excluding carboxylic acids is 1. The van der Waals surface area contributed by atoms with Gasteiger partial charge in [-0.05, 0) is 50.5 Å². The van der Waals surface area contributed by atoms with E-state index in [9.17, 15) is 9.90 Å². The van der Waals surface area contributed by atoms with Gasteiger partial charge in [0.1, 0.15) is 0 Å². The Bertz CT molecular complexity index is 288. The molecule has 0 aromatic carbocycles. The zero-order valence-corrected chi connectivity index (χ0v) is 11.3. The standard InChI is InChI=1S/C14H26N2O2/c1-10-6-7-16(13(10)9-17)14(18)12-4-2-11(8-15)3-5-12/h10-13,17H,2-9,15H2,1H3. The molecule has 1 saturated carbocycles.